The van der Waals surface area contributed by atoms with E-state index in [4.69, 9.17) is 34.4 Å². The standard InChI is InChI=1S/C20H24Cl2O3/c1-6-20(24)12(2)9-15(11-19(20,4)5)25-18(23)13(3)16-8-7-14(21)10-17(16)22/h1,7-8,10,12-13,15,24H,9,11H2,2-5H3/t12-,13-,15-,20+/m0/s1. The first kappa shape index (κ1) is 20.1. The van der Waals surface area contributed by atoms with Crippen LogP contribution >= 0.6 is 23.2 Å². The van der Waals surface area contributed by atoms with Crippen molar-refractivity contribution in [3.8, 4) is 12.3 Å². The Bertz CT molecular complexity index is 707. The van der Waals surface area contributed by atoms with Gasteiger partial charge in [0, 0.05) is 21.4 Å². The van der Waals surface area contributed by atoms with E-state index < -0.39 is 16.9 Å². The summed E-state index contributed by atoms with van der Waals surface area (Å²) in [4.78, 5) is 12.6. The number of carbonyl (C=O) groups is 1. The van der Waals surface area contributed by atoms with Crippen LogP contribution in [0.4, 0.5) is 0 Å². The maximum absolute atomic E-state index is 12.6. The highest BCUT2D eigenvalue weighted by molar-refractivity contribution is 6.35. The van der Waals surface area contributed by atoms with Crippen LogP contribution in [0, 0.1) is 23.7 Å². The van der Waals surface area contributed by atoms with Crippen molar-refractivity contribution in [2.45, 2.75) is 58.2 Å². The number of hydrogen-bond acceptors (Lipinski definition) is 3. The third kappa shape index (κ3) is 3.82. The first-order valence-corrected chi connectivity index (χ1v) is 9.13. The van der Waals surface area contributed by atoms with E-state index in [1.54, 1.807) is 25.1 Å². The van der Waals surface area contributed by atoms with Crippen molar-refractivity contribution in [2.24, 2.45) is 11.3 Å². The van der Waals surface area contributed by atoms with Gasteiger partial charge < -0.3 is 9.84 Å². The Morgan fingerprint density at radius 3 is 2.60 bits per heavy atom. The summed E-state index contributed by atoms with van der Waals surface area (Å²) in [7, 11) is 0. The average molecular weight is 383 g/mol. The molecule has 2 rings (SSSR count). The van der Waals surface area contributed by atoms with Gasteiger partial charge in [0.1, 0.15) is 11.7 Å². The van der Waals surface area contributed by atoms with E-state index in [0.717, 1.165) is 0 Å². The van der Waals surface area contributed by atoms with E-state index in [2.05, 4.69) is 5.92 Å². The van der Waals surface area contributed by atoms with E-state index in [9.17, 15) is 9.90 Å². The number of carbonyl (C=O) groups excluding carboxylic acids is 1. The molecule has 25 heavy (non-hydrogen) atoms. The zero-order valence-electron chi connectivity index (χ0n) is 15.0. The molecule has 5 heteroatoms. The molecule has 1 fully saturated rings. The fourth-order valence-corrected chi connectivity index (χ4v) is 4.29. The number of rotatable bonds is 3. The van der Waals surface area contributed by atoms with Crippen molar-refractivity contribution in [3.05, 3.63) is 33.8 Å². The molecule has 0 aromatic heterocycles. The minimum Gasteiger partial charge on any atom is -0.462 e. The second-order valence-electron chi connectivity index (χ2n) is 7.58. The van der Waals surface area contributed by atoms with Crippen molar-refractivity contribution >= 4 is 29.2 Å². The summed E-state index contributed by atoms with van der Waals surface area (Å²) in [6.45, 7) is 7.46. The first-order chi connectivity index (χ1) is 11.5. The Morgan fingerprint density at radius 2 is 2.08 bits per heavy atom. The SMILES string of the molecule is C#C[C@@]1(O)[C@@H](C)C[C@H](OC(=O)[C@@H](C)c2ccc(Cl)cc2Cl)CC1(C)C. The van der Waals surface area contributed by atoms with Gasteiger partial charge in [0.2, 0.25) is 0 Å². The van der Waals surface area contributed by atoms with Gasteiger partial charge in [-0.3, -0.25) is 4.79 Å². The van der Waals surface area contributed by atoms with Crippen LogP contribution in [-0.2, 0) is 9.53 Å². The molecule has 136 valence electrons. The minimum atomic E-state index is -1.21. The maximum Gasteiger partial charge on any atom is 0.313 e. The highest BCUT2D eigenvalue weighted by Crippen LogP contribution is 2.47. The molecule has 0 aliphatic heterocycles. The molecule has 1 aromatic rings. The van der Waals surface area contributed by atoms with Crippen LogP contribution < -0.4 is 0 Å². The topological polar surface area (TPSA) is 46.5 Å². The lowest BCUT2D eigenvalue weighted by atomic mass is 9.60. The summed E-state index contributed by atoms with van der Waals surface area (Å²) in [5, 5.41) is 11.7. The van der Waals surface area contributed by atoms with Gasteiger partial charge in [0.25, 0.3) is 0 Å². The van der Waals surface area contributed by atoms with Crippen LogP contribution in [0.1, 0.15) is 52.0 Å². The predicted octanol–water partition coefficient (Wildman–Crippen LogP) is 4.83. The summed E-state index contributed by atoms with van der Waals surface area (Å²) >= 11 is 12.1. The predicted molar refractivity (Wildman–Crippen MR) is 101 cm³/mol. The lowest BCUT2D eigenvalue weighted by Crippen LogP contribution is -2.55. The van der Waals surface area contributed by atoms with Gasteiger partial charge in [0.15, 0.2) is 0 Å². The Kier molecular flexibility index (Phi) is 5.78. The van der Waals surface area contributed by atoms with Crippen molar-refractivity contribution in [3.63, 3.8) is 0 Å². The summed E-state index contributed by atoms with van der Waals surface area (Å²) in [6.07, 6.45) is 6.31. The molecule has 0 saturated heterocycles. The van der Waals surface area contributed by atoms with Gasteiger partial charge in [0.05, 0.1) is 5.92 Å². The fourth-order valence-electron chi connectivity index (χ4n) is 3.71. The number of ether oxygens (including phenoxy) is 1. The lowest BCUT2D eigenvalue weighted by Gasteiger charge is -2.49. The quantitative estimate of drug-likeness (QED) is 0.601. The highest BCUT2D eigenvalue weighted by Gasteiger charge is 2.52. The maximum atomic E-state index is 12.6. The van der Waals surface area contributed by atoms with Gasteiger partial charge in [-0.25, -0.2) is 0 Å². The van der Waals surface area contributed by atoms with Crippen LogP contribution in [0.3, 0.4) is 0 Å². The molecule has 0 heterocycles. The number of esters is 1. The number of hydrogen-bond donors (Lipinski definition) is 1. The largest absolute Gasteiger partial charge is 0.462 e. The number of aliphatic hydroxyl groups is 1. The lowest BCUT2D eigenvalue weighted by molar-refractivity contribution is -0.167. The fraction of sp³-hybridized carbons (Fsp3) is 0.550. The molecule has 1 saturated carbocycles. The Balaban J connectivity index is 2.12. The number of benzene rings is 1. The molecule has 1 aliphatic rings. The van der Waals surface area contributed by atoms with Gasteiger partial charge in [-0.2, -0.15) is 0 Å². The summed E-state index contributed by atoms with van der Waals surface area (Å²) in [5.41, 5.74) is -1.08. The number of terminal acetylenes is 1. The van der Waals surface area contributed by atoms with Crippen LogP contribution in [-0.4, -0.2) is 22.8 Å². The Morgan fingerprint density at radius 1 is 1.44 bits per heavy atom. The first-order valence-electron chi connectivity index (χ1n) is 8.37. The zero-order chi connectivity index (χ0) is 19.0. The van der Waals surface area contributed by atoms with Crippen molar-refractivity contribution < 1.29 is 14.6 Å². The molecule has 0 amide bonds. The summed E-state index contributed by atoms with van der Waals surface area (Å²) in [5.74, 6) is 1.52. The van der Waals surface area contributed by atoms with Gasteiger partial charge in [-0.05, 0) is 37.5 Å². The molecule has 3 nitrogen and oxygen atoms in total. The smallest absolute Gasteiger partial charge is 0.313 e. The molecule has 0 spiro atoms. The molecule has 0 radical (unpaired) electrons. The van der Waals surface area contributed by atoms with E-state index in [1.807, 2.05) is 20.8 Å². The van der Waals surface area contributed by atoms with Gasteiger partial charge in [-0.1, -0.05) is 56.0 Å². The Labute approximate surface area is 159 Å². The third-order valence-corrected chi connectivity index (χ3v) is 5.95. The minimum absolute atomic E-state index is 0.173. The van der Waals surface area contributed by atoms with Crippen LogP contribution in [0.15, 0.2) is 18.2 Å². The molecule has 4 atom stereocenters. The van der Waals surface area contributed by atoms with Crippen LogP contribution in [0.5, 0.6) is 0 Å². The van der Waals surface area contributed by atoms with Crippen molar-refractivity contribution in [2.75, 3.05) is 0 Å². The van der Waals surface area contributed by atoms with Crippen LogP contribution in [0.2, 0.25) is 10.0 Å². The van der Waals surface area contributed by atoms with Gasteiger partial charge >= 0.3 is 5.97 Å². The molecular weight excluding hydrogens is 359 g/mol. The van der Waals surface area contributed by atoms with E-state index in [-0.39, 0.29) is 18.0 Å². The molecular formula is C20H24Cl2O3. The highest BCUT2D eigenvalue weighted by atomic mass is 35.5. The molecule has 0 bridgehead atoms. The van der Waals surface area contributed by atoms with Gasteiger partial charge in [-0.15, -0.1) is 6.42 Å². The third-order valence-electron chi connectivity index (χ3n) is 5.38. The molecule has 1 aromatic carbocycles. The Hall–Kier alpha value is -1.21. The molecule has 1 aliphatic carbocycles. The van der Waals surface area contributed by atoms with Crippen LogP contribution in [0.25, 0.3) is 0 Å². The van der Waals surface area contributed by atoms with Crippen molar-refractivity contribution in [1.29, 1.82) is 0 Å². The normalized spacial score (nSPS) is 29.5. The zero-order valence-corrected chi connectivity index (χ0v) is 16.5. The van der Waals surface area contributed by atoms with E-state index in [1.165, 1.54) is 0 Å². The number of halogens is 2. The second-order valence-corrected chi connectivity index (χ2v) is 8.43. The molecule has 1 N–H and O–H groups in total. The van der Waals surface area contributed by atoms with Crippen molar-refractivity contribution in [1.82, 2.24) is 0 Å². The molecule has 0 unspecified atom stereocenters. The van der Waals surface area contributed by atoms with E-state index in [0.29, 0.717) is 28.5 Å². The average Bonchev–Trinajstić information content (AvgIpc) is 2.51. The van der Waals surface area contributed by atoms with E-state index >= 15 is 0 Å². The second kappa shape index (κ2) is 7.19. The monoisotopic (exact) mass is 382 g/mol. The summed E-state index contributed by atoms with van der Waals surface area (Å²) in [6, 6.07) is 5.05. The summed E-state index contributed by atoms with van der Waals surface area (Å²) < 4.78 is 5.73.